The lowest BCUT2D eigenvalue weighted by molar-refractivity contribution is 0.600. The lowest BCUT2D eigenvalue weighted by Gasteiger charge is -2.23. The predicted molar refractivity (Wildman–Crippen MR) is 91.2 cm³/mol. The minimum atomic E-state index is -2.95. The number of aromatic nitrogens is 2. The average molecular weight is 350 g/mol. The summed E-state index contributed by atoms with van der Waals surface area (Å²) in [5.41, 5.74) is 0.937. The number of hydrogen-bond donors (Lipinski definition) is 1. The summed E-state index contributed by atoms with van der Waals surface area (Å²) in [5.74, 6) is 1.21. The maximum Gasteiger partial charge on any atom is 0.227 e. The summed E-state index contributed by atoms with van der Waals surface area (Å²) in [6, 6.07) is 7.89. The van der Waals surface area contributed by atoms with Crippen molar-refractivity contribution in [2.24, 2.45) is 0 Å². The van der Waals surface area contributed by atoms with Gasteiger partial charge in [0.1, 0.15) is 11.6 Å². The average Bonchev–Trinajstić information content (AvgIpc) is 2.94. The number of nitrogens with zero attached hydrogens (tertiary/aromatic N) is 3. The number of hydrogen-bond acceptors (Lipinski definition) is 6. The molecule has 1 unspecified atom stereocenters. The molecule has 2 heterocycles. The molecule has 1 saturated heterocycles. The molecule has 0 spiro atoms. The molecule has 1 atom stereocenters. The zero-order valence-corrected chi connectivity index (χ0v) is 14.1. The number of benzene rings is 1. The molecule has 0 aliphatic carbocycles. The smallest absolute Gasteiger partial charge is 0.227 e. The van der Waals surface area contributed by atoms with Gasteiger partial charge in [0.05, 0.1) is 11.5 Å². The highest BCUT2D eigenvalue weighted by atomic mass is 32.2. The van der Waals surface area contributed by atoms with Gasteiger partial charge in [0.25, 0.3) is 0 Å². The second-order valence-electron chi connectivity index (χ2n) is 5.89. The lowest BCUT2D eigenvalue weighted by Crippen LogP contribution is -2.33. The molecule has 1 aromatic heterocycles. The Morgan fingerprint density at radius 1 is 1.29 bits per heavy atom. The van der Waals surface area contributed by atoms with Crippen LogP contribution in [0.5, 0.6) is 0 Å². The number of nitrogens with one attached hydrogen (secondary N) is 1. The van der Waals surface area contributed by atoms with Crippen LogP contribution in [0.15, 0.2) is 36.5 Å². The van der Waals surface area contributed by atoms with E-state index in [4.69, 9.17) is 0 Å². The fourth-order valence-corrected chi connectivity index (χ4v) is 4.43. The summed E-state index contributed by atoms with van der Waals surface area (Å²) in [6.45, 7) is 0.512. The van der Waals surface area contributed by atoms with Crippen LogP contribution < -0.4 is 10.2 Å². The van der Waals surface area contributed by atoms with Crippen molar-refractivity contribution in [3.63, 3.8) is 0 Å². The largest absolute Gasteiger partial charge is 0.366 e. The SMILES string of the molecule is CN(c1nccc(NCc2ccc(F)cc2)n1)C1CCS(=O)(=O)C1. The molecule has 2 aromatic rings. The zero-order valence-electron chi connectivity index (χ0n) is 13.3. The summed E-state index contributed by atoms with van der Waals surface area (Å²) in [7, 11) is -1.14. The molecule has 8 heteroatoms. The standard InChI is InChI=1S/C16H19FN4O2S/c1-21(14-7-9-24(22,23)11-14)16-18-8-6-15(20-16)19-10-12-2-4-13(17)5-3-12/h2-6,8,14H,7,9-11H2,1H3,(H,18,19,20). The quantitative estimate of drug-likeness (QED) is 0.887. The predicted octanol–water partition coefficient (Wildman–Crippen LogP) is 1.85. The molecule has 1 aromatic carbocycles. The highest BCUT2D eigenvalue weighted by Gasteiger charge is 2.31. The molecule has 1 fully saturated rings. The molecule has 24 heavy (non-hydrogen) atoms. The monoisotopic (exact) mass is 350 g/mol. The van der Waals surface area contributed by atoms with Crippen molar-refractivity contribution in [2.45, 2.75) is 19.0 Å². The normalized spacial score (nSPS) is 19.2. The summed E-state index contributed by atoms with van der Waals surface area (Å²) in [6.07, 6.45) is 2.23. The van der Waals surface area contributed by atoms with Crippen LogP contribution in [-0.2, 0) is 16.4 Å². The minimum absolute atomic E-state index is 0.0950. The first-order chi connectivity index (χ1) is 11.4. The van der Waals surface area contributed by atoms with Crippen molar-refractivity contribution in [1.29, 1.82) is 0 Å². The fourth-order valence-electron chi connectivity index (χ4n) is 2.66. The van der Waals surface area contributed by atoms with E-state index in [1.54, 1.807) is 24.4 Å². The Bertz CT molecular complexity index is 811. The molecule has 1 N–H and O–H groups in total. The molecule has 1 aliphatic rings. The maximum atomic E-state index is 12.9. The second-order valence-corrected chi connectivity index (χ2v) is 8.12. The molecule has 128 valence electrons. The van der Waals surface area contributed by atoms with E-state index in [-0.39, 0.29) is 23.4 Å². The molecule has 1 aliphatic heterocycles. The Morgan fingerprint density at radius 2 is 2.04 bits per heavy atom. The van der Waals surface area contributed by atoms with Crippen molar-refractivity contribution in [2.75, 3.05) is 28.8 Å². The lowest BCUT2D eigenvalue weighted by atomic mass is 10.2. The highest BCUT2D eigenvalue weighted by molar-refractivity contribution is 7.91. The van der Waals surface area contributed by atoms with Crippen molar-refractivity contribution < 1.29 is 12.8 Å². The van der Waals surface area contributed by atoms with Gasteiger partial charge in [-0.1, -0.05) is 12.1 Å². The Kier molecular flexibility index (Phi) is 4.66. The van der Waals surface area contributed by atoms with E-state index in [0.717, 1.165) is 5.56 Å². The van der Waals surface area contributed by atoms with Gasteiger partial charge >= 0.3 is 0 Å². The van der Waals surface area contributed by atoms with E-state index in [0.29, 0.717) is 24.7 Å². The van der Waals surface area contributed by atoms with Crippen LogP contribution in [0, 0.1) is 5.82 Å². The van der Waals surface area contributed by atoms with Gasteiger partial charge < -0.3 is 10.2 Å². The van der Waals surface area contributed by atoms with E-state index in [2.05, 4.69) is 15.3 Å². The Balaban J connectivity index is 1.66. The van der Waals surface area contributed by atoms with Gasteiger partial charge in [0.2, 0.25) is 5.95 Å². The first kappa shape index (κ1) is 16.6. The third-order valence-corrected chi connectivity index (χ3v) is 5.85. The van der Waals surface area contributed by atoms with E-state index in [1.807, 2.05) is 11.9 Å². The number of halogens is 1. The molecule has 0 radical (unpaired) electrons. The van der Waals surface area contributed by atoms with Crippen molar-refractivity contribution >= 4 is 21.6 Å². The number of rotatable bonds is 5. The molecule has 3 rings (SSSR count). The highest BCUT2D eigenvalue weighted by Crippen LogP contribution is 2.21. The number of sulfone groups is 1. The molecule has 0 saturated carbocycles. The van der Waals surface area contributed by atoms with Gasteiger partial charge in [-0.25, -0.2) is 17.8 Å². The van der Waals surface area contributed by atoms with Crippen molar-refractivity contribution in [1.82, 2.24) is 9.97 Å². The van der Waals surface area contributed by atoms with Gasteiger partial charge in [0, 0.05) is 25.8 Å². The third-order valence-electron chi connectivity index (χ3n) is 4.10. The Labute approximate surface area is 140 Å². The van der Waals surface area contributed by atoms with Crippen LogP contribution in [0.3, 0.4) is 0 Å². The van der Waals surface area contributed by atoms with Crippen LogP contribution in [0.25, 0.3) is 0 Å². The Hall–Kier alpha value is -2.22. The van der Waals surface area contributed by atoms with Crippen molar-refractivity contribution in [3.8, 4) is 0 Å². The molecular weight excluding hydrogens is 331 g/mol. The van der Waals surface area contributed by atoms with Crippen molar-refractivity contribution in [3.05, 3.63) is 47.9 Å². The fraction of sp³-hybridized carbons (Fsp3) is 0.375. The van der Waals surface area contributed by atoms with E-state index in [9.17, 15) is 12.8 Å². The zero-order chi connectivity index (χ0) is 17.2. The van der Waals surface area contributed by atoms with Gasteiger partial charge in [-0.3, -0.25) is 0 Å². The van der Waals surface area contributed by atoms with E-state index in [1.165, 1.54) is 12.1 Å². The second kappa shape index (κ2) is 6.72. The summed E-state index contributed by atoms with van der Waals surface area (Å²) < 4.78 is 36.1. The van der Waals surface area contributed by atoms with E-state index >= 15 is 0 Å². The van der Waals surface area contributed by atoms with Gasteiger partial charge in [-0.15, -0.1) is 0 Å². The first-order valence-electron chi connectivity index (χ1n) is 7.67. The first-order valence-corrected chi connectivity index (χ1v) is 9.50. The molecule has 6 nitrogen and oxygen atoms in total. The third kappa shape index (κ3) is 4.00. The topological polar surface area (TPSA) is 75.2 Å². The van der Waals surface area contributed by atoms with Gasteiger partial charge in [-0.2, -0.15) is 4.98 Å². The molecular formula is C16H19FN4O2S. The minimum Gasteiger partial charge on any atom is -0.366 e. The number of anilines is 2. The summed E-state index contributed by atoms with van der Waals surface area (Å²) in [5, 5.41) is 3.16. The molecule has 0 amide bonds. The van der Waals surface area contributed by atoms with Crippen LogP contribution in [0.1, 0.15) is 12.0 Å². The van der Waals surface area contributed by atoms with E-state index < -0.39 is 9.84 Å². The maximum absolute atomic E-state index is 12.9. The van der Waals surface area contributed by atoms with Gasteiger partial charge in [-0.05, 0) is 30.2 Å². The van der Waals surface area contributed by atoms with Crippen LogP contribution in [0.4, 0.5) is 16.2 Å². The Morgan fingerprint density at radius 3 is 2.71 bits per heavy atom. The summed E-state index contributed by atoms with van der Waals surface area (Å²) in [4.78, 5) is 10.5. The summed E-state index contributed by atoms with van der Waals surface area (Å²) >= 11 is 0. The van der Waals surface area contributed by atoms with Crippen LogP contribution in [-0.4, -0.2) is 43.0 Å². The van der Waals surface area contributed by atoms with Gasteiger partial charge in [0.15, 0.2) is 9.84 Å². The van der Waals surface area contributed by atoms with Crippen LogP contribution >= 0.6 is 0 Å². The molecule has 0 bridgehead atoms. The van der Waals surface area contributed by atoms with Crippen LogP contribution in [0.2, 0.25) is 0 Å².